The predicted octanol–water partition coefficient (Wildman–Crippen LogP) is 2.96. The molecule has 106 valence electrons. The van der Waals surface area contributed by atoms with Crippen molar-refractivity contribution in [2.45, 2.75) is 11.8 Å². The van der Waals surface area contributed by atoms with Crippen molar-refractivity contribution in [2.24, 2.45) is 0 Å². The van der Waals surface area contributed by atoms with Gasteiger partial charge in [-0.1, -0.05) is 11.6 Å². The minimum atomic E-state index is -3.92. The molecule has 0 aliphatic rings. The van der Waals surface area contributed by atoms with Crippen LogP contribution in [-0.4, -0.2) is 24.2 Å². The summed E-state index contributed by atoms with van der Waals surface area (Å²) in [5.41, 5.74) is 0.200. The quantitative estimate of drug-likeness (QED) is 0.634. The number of hydrogen-bond acceptors (Lipinski definition) is 6. The third-order valence-corrected chi connectivity index (χ3v) is 5.24. The first-order chi connectivity index (χ1) is 9.29. The number of rotatable bonds is 4. The van der Waals surface area contributed by atoms with E-state index >= 15 is 0 Å². The molecule has 0 unspecified atom stereocenters. The monoisotopic (exact) mass is 395 g/mol. The Labute approximate surface area is 132 Å². The highest BCUT2D eigenvalue weighted by Crippen LogP contribution is 2.26. The molecule has 0 saturated heterocycles. The number of carbonyl (C=O) groups is 1. The van der Waals surface area contributed by atoms with Gasteiger partial charge < -0.3 is 0 Å². The molecular formula is C10H7BrClN3O3S2. The normalized spacial score (nSPS) is 11.3. The van der Waals surface area contributed by atoms with E-state index in [1.165, 1.54) is 24.6 Å². The zero-order chi connectivity index (χ0) is 14.9. The molecule has 2 rings (SSSR count). The van der Waals surface area contributed by atoms with Gasteiger partial charge in [0.2, 0.25) is 0 Å². The molecule has 0 saturated carbocycles. The summed E-state index contributed by atoms with van der Waals surface area (Å²) in [6.45, 7) is 1.35. The number of Topliss-reactive ketones (excluding diaryl/α,β-unsaturated/α-hetero) is 1. The Kier molecular flexibility index (Phi) is 4.43. The Morgan fingerprint density at radius 3 is 2.80 bits per heavy atom. The van der Waals surface area contributed by atoms with Gasteiger partial charge in [0.1, 0.15) is 15.7 Å². The largest absolute Gasteiger partial charge is 0.293 e. The molecule has 0 aliphatic heterocycles. The predicted molar refractivity (Wildman–Crippen MR) is 79.9 cm³/mol. The second kappa shape index (κ2) is 5.76. The number of aromatic nitrogens is 2. The summed E-state index contributed by atoms with van der Waals surface area (Å²) < 4.78 is 27.1. The lowest BCUT2D eigenvalue weighted by atomic mass is 10.4. The fraction of sp³-hybridized carbons (Fsp3) is 0.100. The van der Waals surface area contributed by atoms with Crippen LogP contribution in [0.15, 0.2) is 27.0 Å². The number of halogens is 2. The number of thiazole rings is 1. The number of ketones is 1. The summed E-state index contributed by atoms with van der Waals surface area (Å²) in [5, 5.41) is 1.41. The maximum atomic E-state index is 12.2. The minimum Gasteiger partial charge on any atom is -0.293 e. The summed E-state index contributed by atoms with van der Waals surface area (Å²) in [5.74, 6) is -0.242. The Morgan fingerprint density at radius 2 is 2.20 bits per heavy atom. The van der Waals surface area contributed by atoms with Crippen molar-refractivity contribution < 1.29 is 13.2 Å². The molecule has 0 aromatic carbocycles. The number of anilines is 1. The Morgan fingerprint density at radius 1 is 1.50 bits per heavy atom. The van der Waals surface area contributed by atoms with E-state index in [4.69, 9.17) is 11.6 Å². The van der Waals surface area contributed by atoms with Crippen LogP contribution < -0.4 is 4.72 Å². The number of carbonyl (C=O) groups excluding carboxylic acids is 1. The highest BCUT2D eigenvalue weighted by atomic mass is 79.9. The number of sulfonamides is 1. The van der Waals surface area contributed by atoms with E-state index in [0.717, 1.165) is 11.3 Å². The zero-order valence-corrected chi connectivity index (χ0v) is 13.9. The van der Waals surface area contributed by atoms with E-state index < -0.39 is 10.0 Å². The van der Waals surface area contributed by atoms with Crippen LogP contribution >= 0.6 is 38.9 Å². The highest BCUT2D eigenvalue weighted by molar-refractivity contribution is 9.10. The van der Waals surface area contributed by atoms with Gasteiger partial charge in [0.15, 0.2) is 10.9 Å². The maximum absolute atomic E-state index is 12.2. The minimum absolute atomic E-state index is 0.0891. The van der Waals surface area contributed by atoms with E-state index in [0.29, 0.717) is 4.47 Å². The van der Waals surface area contributed by atoms with Crippen LogP contribution in [0, 0.1) is 0 Å². The molecule has 0 aliphatic carbocycles. The van der Waals surface area contributed by atoms with Crippen molar-refractivity contribution in [1.82, 2.24) is 9.97 Å². The molecule has 10 heteroatoms. The van der Waals surface area contributed by atoms with Crippen LogP contribution in [0.2, 0.25) is 5.15 Å². The SMILES string of the molecule is CC(=O)c1csc(NS(=O)(=O)c2cc(Br)cnc2Cl)n1. The second-order valence-electron chi connectivity index (χ2n) is 3.64. The smallest absolute Gasteiger partial charge is 0.266 e. The molecule has 6 nitrogen and oxygen atoms in total. The fourth-order valence-electron chi connectivity index (χ4n) is 1.24. The highest BCUT2D eigenvalue weighted by Gasteiger charge is 2.21. The molecule has 0 bridgehead atoms. The third kappa shape index (κ3) is 3.35. The second-order valence-corrected chi connectivity index (χ2v) is 7.42. The van der Waals surface area contributed by atoms with Crippen LogP contribution in [0.25, 0.3) is 0 Å². The van der Waals surface area contributed by atoms with Crippen molar-refractivity contribution in [3.8, 4) is 0 Å². The molecule has 0 spiro atoms. The van der Waals surface area contributed by atoms with Crippen molar-refractivity contribution in [3.05, 3.63) is 33.0 Å². The summed E-state index contributed by atoms with van der Waals surface area (Å²) in [6.07, 6.45) is 1.39. The van der Waals surface area contributed by atoms with Crippen LogP contribution in [0.4, 0.5) is 5.13 Å². The van der Waals surface area contributed by atoms with Gasteiger partial charge in [0.05, 0.1) is 0 Å². The van der Waals surface area contributed by atoms with Crippen molar-refractivity contribution >= 4 is 59.8 Å². The van der Waals surface area contributed by atoms with E-state index in [-0.39, 0.29) is 26.7 Å². The molecule has 1 N–H and O–H groups in total. The lowest BCUT2D eigenvalue weighted by Crippen LogP contribution is -2.14. The van der Waals surface area contributed by atoms with E-state index in [9.17, 15) is 13.2 Å². The molecule has 2 heterocycles. The van der Waals surface area contributed by atoms with E-state index in [1.807, 2.05) is 0 Å². The van der Waals surface area contributed by atoms with Crippen LogP contribution in [0.1, 0.15) is 17.4 Å². The molecule has 0 radical (unpaired) electrons. The van der Waals surface area contributed by atoms with Gasteiger partial charge in [0, 0.05) is 23.0 Å². The molecule has 20 heavy (non-hydrogen) atoms. The van der Waals surface area contributed by atoms with Crippen molar-refractivity contribution in [2.75, 3.05) is 4.72 Å². The first-order valence-electron chi connectivity index (χ1n) is 5.10. The van der Waals surface area contributed by atoms with Gasteiger partial charge in [-0.2, -0.15) is 0 Å². The summed E-state index contributed by atoms with van der Waals surface area (Å²) in [7, 11) is -3.92. The molecule has 2 aromatic heterocycles. The lowest BCUT2D eigenvalue weighted by Gasteiger charge is -2.06. The molecule has 0 atom stereocenters. The fourth-order valence-corrected chi connectivity index (χ4v) is 4.19. The first kappa shape index (κ1) is 15.4. The van der Waals surface area contributed by atoms with Gasteiger partial charge in [0.25, 0.3) is 10.0 Å². The van der Waals surface area contributed by atoms with Crippen LogP contribution in [0.5, 0.6) is 0 Å². The topological polar surface area (TPSA) is 89.0 Å². The standard InChI is InChI=1S/C10H7BrClN3O3S2/c1-5(16)7-4-19-10(14-7)15-20(17,18)8-2-6(11)3-13-9(8)12/h2-4H,1H3,(H,14,15). The Bertz CT molecular complexity index is 776. The van der Waals surface area contributed by atoms with Gasteiger partial charge in [-0.05, 0) is 22.0 Å². The Balaban J connectivity index is 2.35. The summed E-state index contributed by atoms with van der Waals surface area (Å²) in [4.78, 5) is 18.6. The van der Waals surface area contributed by atoms with E-state index in [2.05, 4.69) is 30.6 Å². The lowest BCUT2D eigenvalue weighted by molar-refractivity contribution is 0.101. The maximum Gasteiger partial charge on any atom is 0.266 e. The van der Waals surface area contributed by atoms with Gasteiger partial charge in [-0.3, -0.25) is 9.52 Å². The number of nitrogens with zero attached hydrogens (tertiary/aromatic N) is 2. The summed E-state index contributed by atoms with van der Waals surface area (Å²) >= 11 is 9.92. The molecule has 0 amide bonds. The van der Waals surface area contributed by atoms with Gasteiger partial charge >= 0.3 is 0 Å². The summed E-state index contributed by atoms with van der Waals surface area (Å²) in [6, 6.07) is 1.33. The van der Waals surface area contributed by atoms with Gasteiger partial charge in [-0.25, -0.2) is 18.4 Å². The average Bonchev–Trinajstić information content (AvgIpc) is 2.80. The molecular weight excluding hydrogens is 390 g/mol. The Hall–Kier alpha value is -1.03. The number of pyridine rings is 1. The third-order valence-electron chi connectivity index (χ3n) is 2.15. The van der Waals surface area contributed by atoms with E-state index in [1.54, 1.807) is 0 Å². The first-order valence-corrected chi connectivity index (χ1v) is 8.63. The molecule has 2 aromatic rings. The van der Waals surface area contributed by atoms with Crippen LogP contribution in [-0.2, 0) is 10.0 Å². The van der Waals surface area contributed by atoms with Gasteiger partial charge in [-0.15, -0.1) is 11.3 Å². The van der Waals surface area contributed by atoms with Crippen molar-refractivity contribution in [3.63, 3.8) is 0 Å². The number of nitrogens with one attached hydrogen (secondary N) is 1. The van der Waals surface area contributed by atoms with Crippen LogP contribution in [0.3, 0.4) is 0 Å². The molecule has 0 fully saturated rings. The zero-order valence-electron chi connectivity index (χ0n) is 9.92. The average molecular weight is 397 g/mol. The number of hydrogen-bond donors (Lipinski definition) is 1. The van der Waals surface area contributed by atoms with Crippen molar-refractivity contribution in [1.29, 1.82) is 0 Å².